The summed E-state index contributed by atoms with van der Waals surface area (Å²) in [6.45, 7) is 0. The van der Waals surface area contributed by atoms with E-state index >= 15 is 0 Å². The van der Waals surface area contributed by atoms with E-state index in [0.29, 0.717) is 40.1 Å². The molecule has 2 aromatic heterocycles. The number of carbonyl (C=O) groups is 1. The van der Waals surface area contributed by atoms with Gasteiger partial charge in [0.1, 0.15) is 5.75 Å². The van der Waals surface area contributed by atoms with Gasteiger partial charge in [-0.2, -0.15) is 0 Å². The van der Waals surface area contributed by atoms with E-state index in [9.17, 15) is 14.7 Å². The van der Waals surface area contributed by atoms with Crippen molar-refractivity contribution in [1.29, 1.82) is 0 Å². The number of benzene rings is 2. The maximum absolute atomic E-state index is 13.0. The molecule has 0 fully saturated rings. The Balaban J connectivity index is 0.000000556. The van der Waals surface area contributed by atoms with E-state index in [0.717, 1.165) is 16.7 Å². The summed E-state index contributed by atoms with van der Waals surface area (Å²) < 4.78 is 10.9. The van der Waals surface area contributed by atoms with Crippen LogP contribution in [0.5, 0.6) is 5.75 Å². The third-order valence-corrected chi connectivity index (χ3v) is 6.19. The molecule has 0 bridgehead atoms. The number of nitrogens with zero attached hydrogens (tertiary/aromatic N) is 2. The number of aliphatic hydroxyl groups excluding tert-OH is 1. The van der Waals surface area contributed by atoms with Crippen molar-refractivity contribution in [2.24, 2.45) is 0 Å². The van der Waals surface area contributed by atoms with Crippen molar-refractivity contribution in [1.82, 2.24) is 20.2 Å². The Kier molecular flexibility index (Phi) is 7.09. The van der Waals surface area contributed by atoms with Crippen molar-refractivity contribution >= 4 is 17.0 Å². The van der Waals surface area contributed by atoms with Crippen LogP contribution in [0.4, 0.5) is 4.79 Å². The average Bonchev–Trinajstić information content (AvgIpc) is 3.50. The third-order valence-electron chi connectivity index (χ3n) is 6.19. The molecule has 0 unspecified atom stereocenters. The summed E-state index contributed by atoms with van der Waals surface area (Å²) >= 11 is 0. The van der Waals surface area contributed by atoms with Crippen LogP contribution in [0.15, 0.2) is 58.2 Å². The quantitative estimate of drug-likeness (QED) is 0.340. The Morgan fingerprint density at radius 2 is 2.00 bits per heavy atom. The molecule has 1 amide bonds. The van der Waals surface area contributed by atoms with E-state index in [1.54, 1.807) is 31.5 Å². The number of likely N-dealkylation sites (N-methyl/N-ethyl adjacent to an activating group) is 1. The molecular weight excluding hydrogens is 464 g/mol. The number of nitrogens with one attached hydrogen (secondary N) is 2. The van der Waals surface area contributed by atoms with Gasteiger partial charge in [-0.15, -0.1) is 0 Å². The number of methoxy groups -OCH3 is 1. The highest BCUT2D eigenvalue weighted by Gasteiger charge is 2.32. The molecule has 0 radical (unpaired) electrons. The first kappa shape index (κ1) is 25.0. The number of hydrogen-bond donors (Lipinski definition) is 4. The summed E-state index contributed by atoms with van der Waals surface area (Å²) in [6, 6.07) is 11.2. The fourth-order valence-electron chi connectivity index (χ4n) is 4.53. The van der Waals surface area contributed by atoms with Crippen LogP contribution in [0.3, 0.4) is 0 Å². The van der Waals surface area contributed by atoms with Crippen LogP contribution in [0.25, 0.3) is 33.5 Å². The lowest BCUT2D eigenvalue weighted by Crippen LogP contribution is -2.27. The van der Waals surface area contributed by atoms with Crippen molar-refractivity contribution in [2.45, 2.75) is 18.6 Å². The summed E-state index contributed by atoms with van der Waals surface area (Å²) in [6.07, 6.45) is 2.14. The molecule has 0 spiro atoms. The van der Waals surface area contributed by atoms with Gasteiger partial charge in [0.05, 0.1) is 36.5 Å². The van der Waals surface area contributed by atoms with Gasteiger partial charge in [-0.25, -0.2) is 9.78 Å². The molecule has 5 rings (SSSR count). The summed E-state index contributed by atoms with van der Waals surface area (Å²) in [5, 5.41) is 20.6. The number of fused-ring (bicyclic) bond motifs is 2. The monoisotopic (exact) mass is 492 g/mol. The minimum atomic E-state index is -0.995. The Bertz CT molecular complexity index is 1450. The van der Waals surface area contributed by atoms with Crippen LogP contribution in [0.2, 0.25) is 0 Å². The predicted octanol–water partition coefficient (Wildman–Crippen LogP) is 3.26. The number of ether oxygens (including phenoxy) is 1. The number of pyridine rings is 1. The number of carboxylic acid groups (broad SMARTS) is 1. The van der Waals surface area contributed by atoms with Crippen LogP contribution < -0.4 is 15.5 Å². The lowest BCUT2D eigenvalue weighted by molar-refractivity contribution is 0.0902. The Hall–Kier alpha value is -4.15. The summed E-state index contributed by atoms with van der Waals surface area (Å²) in [7, 11) is 6.86. The molecular formula is C26H28N4O6. The third kappa shape index (κ3) is 4.81. The first-order valence-electron chi connectivity index (χ1n) is 11.3. The second-order valence-electron chi connectivity index (χ2n) is 8.66. The lowest BCUT2D eigenvalue weighted by Gasteiger charge is -2.24. The molecule has 36 heavy (non-hydrogen) atoms. The molecule has 10 heteroatoms. The molecule has 2 aromatic carbocycles. The Morgan fingerprint density at radius 1 is 1.25 bits per heavy atom. The number of aromatic nitrogens is 2. The molecule has 188 valence electrons. The number of aliphatic hydroxyl groups is 1. The summed E-state index contributed by atoms with van der Waals surface area (Å²) in [5.41, 5.74) is 5.09. The van der Waals surface area contributed by atoms with E-state index in [1.165, 1.54) is 13.4 Å². The fourth-order valence-corrected chi connectivity index (χ4v) is 4.53. The topological polar surface area (TPSA) is 141 Å². The predicted molar refractivity (Wildman–Crippen MR) is 135 cm³/mol. The molecule has 0 saturated heterocycles. The number of rotatable bonds is 4. The van der Waals surface area contributed by atoms with E-state index in [-0.39, 0.29) is 11.5 Å². The van der Waals surface area contributed by atoms with Crippen LogP contribution in [0.1, 0.15) is 17.2 Å². The van der Waals surface area contributed by atoms with Crippen LogP contribution >= 0.6 is 0 Å². The van der Waals surface area contributed by atoms with Crippen molar-refractivity contribution in [2.75, 3.05) is 28.3 Å². The molecule has 2 heterocycles. The molecule has 1 aliphatic carbocycles. The highest BCUT2D eigenvalue weighted by Crippen LogP contribution is 2.38. The standard InChI is InChI=1S/C24H23N3O4.C2H5NO2/c1-27(2)24-15-6-14(5-4-13(15)7-21(24)29)18-9-20(28)16-8-17(23-11-25-12-31-23)22(30-3)10-19(16)26-18;1-3-2(4)5/h4-6,8-12,21,24,29H,7H2,1-3H3,(H,26,28);3H,1H3,(H,4,5)/t21-,24-;/m0./s1. The molecule has 10 nitrogen and oxygen atoms in total. The van der Waals surface area contributed by atoms with Crippen LogP contribution in [-0.4, -0.2) is 65.5 Å². The zero-order valence-corrected chi connectivity index (χ0v) is 20.4. The second kappa shape index (κ2) is 10.2. The number of amides is 1. The lowest BCUT2D eigenvalue weighted by atomic mass is 10.0. The summed E-state index contributed by atoms with van der Waals surface area (Å²) in [4.78, 5) is 31.6. The van der Waals surface area contributed by atoms with E-state index in [2.05, 4.69) is 16.0 Å². The number of aromatic amines is 1. The van der Waals surface area contributed by atoms with Crippen molar-refractivity contribution in [3.63, 3.8) is 0 Å². The van der Waals surface area contributed by atoms with Gasteiger partial charge in [0.25, 0.3) is 0 Å². The van der Waals surface area contributed by atoms with Crippen LogP contribution in [-0.2, 0) is 6.42 Å². The van der Waals surface area contributed by atoms with Crippen molar-refractivity contribution in [3.8, 4) is 28.3 Å². The summed E-state index contributed by atoms with van der Waals surface area (Å²) in [5.74, 6) is 1.12. The largest absolute Gasteiger partial charge is 0.496 e. The van der Waals surface area contributed by atoms with Gasteiger partial charge in [-0.1, -0.05) is 12.1 Å². The van der Waals surface area contributed by atoms with Gasteiger partial charge in [-0.05, 0) is 42.9 Å². The van der Waals surface area contributed by atoms with E-state index < -0.39 is 12.2 Å². The maximum atomic E-state index is 13.0. The van der Waals surface area contributed by atoms with E-state index in [1.807, 2.05) is 36.4 Å². The van der Waals surface area contributed by atoms with E-state index in [4.69, 9.17) is 14.3 Å². The molecule has 0 saturated carbocycles. The molecule has 2 atom stereocenters. The van der Waals surface area contributed by atoms with Gasteiger partial charge in [-0.3, -0.25) is 4.79 Å². The van der Waals surface area contributed by atoms with Gasteiger partial charge >= 0.3 is 6.09 Å². The average molecular weight is 493 g/mol. The number of hydrogen-bond acceptors (Lipinski definition) is 7. The molecule has 0 aliphatic heterocycles. The zero-order chi connectivity index (χ0) is 26.0. The van der Waals surface area contributed by atoms with Crippen molar-refractivity contribution < 1.29 is 24.2 Å². The van der Waals surface area contributed by atoms with Gasteiger partial charge in [0.15, 0.2) is 17.6 Å². The highest BCUT2D eigenvalue weighted by molar-refractivity contribution is 5.88. The highest BCUT2D eigenvalue weighted by atomic mass is 16.5. The Morgan fingerprint density at radius 3 is 2.61 bits per heavy atom. The number of H-pyrrole nitrogens is 1. The molecule has 1 aliphatic rings. The van der Waals surface area contributed by atoms with Crippen molar-refractivity contribution in [3.05, 3.63) is 70.3 Å². The van der Waals surface area contributed by atoms with Gasteiger partial charge in [0, 0.05) is 36.7 Å². The number of oxazole rings is 1. The minimum absolute atomic E-state index is 0.0633. The molecule has 4 N–H and O–H groups in total. The maximum Gasteiger partial charge on any atom is 0.404 e. The van der Waals surface area contributed by atoms with Gasteiger partial charge in [0.2, 0.25) is 0 Å². The zero-order valence-electron chi connectivity index (χ0n) is 20.4. The van der Waals surface area contributed by atoms with Gasteiger partial charge < -0.3 is 34.6 Å². The normalized spacial score (nSPS) is 16.4. The minimum Gasteiger partial charge on any atom is -0.496 e. The smallest absolute Gasteiger partial charge is 0.404 e. The SMILES string of the molecule is CNC(=O)O.COc1cc2[nH]c(-c3ccc4c(c3)[C@H](N(C)C)[C@@H](O)C4)cc(=O)c2cc1-c1cnco1. The second-order valence-corrected chi connectivity index (χ2v) is 8.66. The first-order chi connectivity index (χ1) is 17.2. The van der Waals surface area contributed by atoms with Crippen LogP contribution in [0, 0.1) is 0 Å². The molecule has 4 aromatic rings. The Labute approximate surface area is 207 Å². The first-order valence-corrected chi connectivity index (χ1v) is 11.3. The fraction of sp³-hybridized carbons (Fsp3) is 0.269.